The second-order valence-corrected chi connectivity index (χ2v) is 5.14. The van der Waals surface area contributed by atoms with Crippen molar-refractivity contribution in [2.75, 3.05) is 0 Å². The highest BCUT2D eigenvalue weighted by Crippen LogP contribution is 2.28. The van der Waals surface area contributed by atoms with Gasteiger partial charge in [0.05, 0.1) is 16.6 Å². The van der Waals surface area contributed by atoms with Crippen molar-refractivity contribution in [3.8, 4) is 11.4 Å². The van der Waals surface area contributed by atoms with E-state index in [9.17, 15) is 4.79 Å². The first-order valence-electron chi connectivity index (χ1n) is 6.73. The molecule has 1 aromatic carbocycles. The van der Waals surface area contributed by atoms with Crippen LogP contribution in [0.25, 0.3) is 22.4 Å². The third-order valence-electron chi connectivity index (χ3n) is 3.39. The number of carboxylic acid groups (broad SMARTS) is 1. The third-order valence-corrected chi connectivity index (χ3v) is 3.39. The number of benzene rings is 1. The van der Waals surface area contributed by atoms with Gasteiger partial charge in [0.2, 0.25) is 0 Å². The van der Waals surface area contributed by atoms with E-state index in [4.69, 9.17) is 5.11 Å². The Morgan fingerprint density at radius 1 is 1.19 bits per heavy atom. The smallest absolute Gasteiger partial charge is 0.335 e. The third kappa shape index (κ3) is 2.27. The number of hydrogen-bond donors (Lipinski definition) is 1. The largest absolute Gasteiger partial charge is 0.478 e. The number of rotatable bonds is 3. The lowest BCUT2D eigenvalue weighted by Gasteiger charge is -2.13. The summed E-state index contributed by atoms with van der Waals surface area (Å²) in [5, 5.41) is 9.10. The fraction of sp³-hybridized carbons (Fsp3) is 0.188. The van der Waals surface area contributed by atoms with Gasteiger partial charge in [-0.05, 0) is 44.2 Å². The zero-order valence-electron chi connectivity index (χ0n) is 11.8. The molecule has 0 aliphatic rings. The first-order valence-corrected chi connectivity index (χ1v) is 6.73. The van der Waals surface area contributed by atoms with Gasteiger partial charge in [-0.25, -0.2) is 9.78 Å². The van der Waals surface area contributed by atoms with Crippen LogP contribution in [0.1, 0.15) is 30.2 Å². The van der Waals surface area contributed by atoms with Crippen molar-refractivity contribution < 1.29 is 9.90 Å². The Labute approximate surface area is 121 Å². The van der Waals surface area contributed by atoms with Crippen molar-refractivity contribution in [1.82, 2.24) is 14.5 Å². The lowest BCUT2D eigenvalue weighted by atomic mass is 10.2. The van der Waals surface area contributed by atoms with Crippen LogP contribution in [0.4, 0.5) is 0 Å². The van der Waals surface area contributed by atoms with Gasteiger partial charge in [-0.2, -0.15) is 0 Å². The number of aromatic carboxylic acids is 1. The fourth-order valence-electron chi connectivity index (χ4n) is 2.46. The second-order valence-electron chi connectivity index (χ2n) is 5.14. The summed E-state index contributed by atoms with van der Waals surface area (Å²) < 4.78 is 2.11. The molecule has 0 aliphatic carbocycles. The zero-order valence-corrected chi connectivity index (χ0v) is 11.8. The predicted octanol–water partition coefficient (Wildman–Crippen LogP) is 3.38. The molecule has 21 heavy (non-hydrogen) atoms. The molecule has 0 fully saturated rings. The molecular weight excluding hydrogens is 266 g/mol. The molecule has 0 amide bonds. The van der Waals surface area contributed by atoms with Crippen LogP contribution in [0.5, 0.6) is 0 Å². The molecular formula is C16H15N3O2. The maximum absolute atomic E-state index is 11.1. The molecule has 0 atom stereocenters. The second kappa shape index (κ2) is 5.01. The van der Waals surface area contributed by atoms with Crippen molar-refractivity contribution in [3.63, 3.8) is 0 Å². The van der Waals surface area contributed by atoms with E-state index in [2.05, 4.69) is 28.4 Å². The van der Waals surface area contributed by atoms with Gasteiger partial charge in [0.15, 0.2) is 0 Å². The highest BCUT2D eigenvalue weighted by Gasteiger charge is 2.16. The molecule has 0 unspecified atom stereocenters. The summed E-state index contributed by atoms with van der Waals surface area (Å²) in [5.41, 5.74) is 2.83. The minimum Gasteiger partial charge on any atom is -0.478 e. The number of carbonyl (C=O) groups is 1. The number of hydrogen-bond acceptors (Lipinski definition) is 3. The standard InChI is InChI=1S/C16H15N3O2/c1-10(2)19-14-4-3-12(16(20)21)9-13(14)18-15(19)11-5-7-17-8-6-11/h3-10H,1-2H3,(H,20,21). The molecule has 0 aliphatic heterocycles. The van der Waals surface area contributed by atoms with Gasteiger partial charge in [-0.1, -0.05) is 0 Å². The molecule has 3 aromatic rings. The maximum atomic E-state index is 11.1. The number of nitrogens with zero attached hydrogens (tertiary/aromatic N) is 3. The number of aromatic nitrogens is 3. The van der Waals surface area contributed by atoms with E-state index in [1.54, 1.807) is 24.5 Å². The van der Waals surface area contributed by atoms with Crippen LogP contribution in [0.15, 0.2) is 42.7 Å². The molecule has 5 heteroatoms. The van der Waals surface area contributed by atoms with Gasteiger partial charge in [0.1, 0.15) is 5.82 Å². The van der Waals surface area contributed by atoms with E-state index in [1.165, 1.54) is 0 Å². The molecule has 0 radical (unpaired) electrons. The fourth-order valence-corrected chi connectivity index (χ4v) is 2.46. The average molecular weight is 281 g/mol. The number of imidazole rings is 1. The summed E-state index contributed by atoms with van der Waals surface area (Å²) in [4.78, 5) is 19.7. The van der Waals surface area contributed by atoms with E-state index >= 15 is 0 Å². The lowest BCUT2D eigenvalue weighted by Crippen LogP contribution is -2.03. The molecule has 0 bridgehead atoms. The Balaban J connectivity index is 2.29. The molecule has 3 rings (SSSR count). The Morgan fingerprint density at radius 2 is 1.90 bits per heavy atom. The molecule has 106 valence electrons. The van der Waals surface area contributed by atoms with Crippen molar-refractivity contribution in [1.29, 1.82) is 0 Å². The summed E-state index contributed by atoms with van der Waals surface area (Å²) in [6.07, 6.45) is 3.45. The van der Waals surface area contributed by atoms with Crippen LogP contribution < -0.4 is 0 Å². The van der Waals surface area contributed by atoms with Gasteiger partial charge < -0.3 is 9.67 Å². The summed E-state index contributed by atoms with van der Waals surface area (Å²) in [6.45, 7) is 4.16. The van der Waals surface area contributed by atoms with Crippen molar-refractivity contribution in [2.45, 2.75) is 19.9 Å². The quantitative estimate of drug-likeness (QED) is 0.799. The Bertz CT molecular complexity index is 807. The highest BCUT2D eigenvalue weighted by atomic mass is 16.4. The summed E-state index contributed by atoms with van der Waals surface area (Å²) in [7, 11) is 0. The maximum Gasteiger partial charge on any atom is 0.335 e. The average Bonchev–Trinajstić information content (AvgIpc) is 2.86. The monoisotopic (exact) mass is 281 g/mol. The summed E-state index contributed by atoms with van der Waals surface area (Å²) in [5.74, 6) is -0.119. The molecule has 0 saturated heterocycles. The number of pyridine rings is 1. The number of fused-ring (bicyclic) bond motifs is 1. The molecule has 5 nitrogen and oxygen atoms in total. The van der Waals surface area contributed by atoms with Gasteiger partial charge in [0, 0.05) is 24.0 Å². The van der Waals surface area contributed by atoms with Crippen LogP contribution in [0, 0.1) is 0 Å². The highest BCUT2D eigenvalue weighted by molar-refractivity contribution is 5.93. The van der Waals surface area contributed by atoms with Crippen LogP contribution in [0.2, 0.25) is 0 Å². The molecule has 0 spiro atoms. The molecule has 2 heterocycles. The molecule has 0 saturated carbocycles. The Morgan fingerprint density at radius 3 is 2.52 bits per heavy atom. The van der Waals surface area contributed by atoms with Gasteiger partial charge in [-0.3, -0.25) is 4.98 Å². The van der Waals surface area contributed by atoms with Gasteiger partial charge in [0.25, 0.3) is 0 Å². The Hall–Kier alpha value is -2.69. The topological polar surface area (TPSA) is 68.0 Å². The van der Waals surface area contributed by atoms with Crippen LogP contribution in [-0.2, 0) is 0 Å². The van der Waals surface area contributed by atoms with E-state index in [-0.39, 0.29) is 11.6 Å². The van der Waals surface area contributed by atoms with E-state index in [1.807, 2.05) is 18.2 Å². The lowest BCUT2D eigenvalue weighted by molar-refractivity contribution is 0.0697. The number of carboxylic acids is 1. The van der Waals surface area contributed by atoms with E-state index in [0.717, 1.165) is 16.9 Å². The Kier molecular flexibility index (Phi) is 3.17. The van der Waals surface area contributed by atoms with Gasteiger partial charge in [-0.15, -0.1) is 0 Å². The van der Waals surface area contributed by atoms with E-state index in [0.29, 0.717) is 5.52 Å². The normalized spacial score (nSPS) is 11.2. The van der Waals surface area contributed by atoms with Crippen LogP contribution >= 0.6 is 0 Å². The van der Waals surface area contributed by atoms with E-state index < -0.39 is 5.97 Å². The van der Waals surface area contributed by atoms with Crippen LogP contribution in [-0.4, -0.2) is 25.6 Å². The summed E-state index contributed by atoms with van der Waals surface area (Å²) >= 11 is 0. The zero-order chi connectivity index (χ0) is 15.0. The molecule has 1 N–H and O–H groups in total. The van der Waals surface area contributed by atoms with Crippen molar-refractivity contribution in [2.24, 2.45) is 0 Å². The predicted molar refractivity (Wildman–Crippen MR) is 80.3 cm³/mol. The minimum atomic E-state index is -0.943. The van der Waals surface area contributed by atoms with Gasteiger partial charge >= 0.3 is 5.97 Å². The minimum absolute atomic E-state index is 0.217. The first-order chi connectivity index (χ1) is 10.1. The van der Waals surface area contributed by atoms with Crippen LogP contribution in [0.3, 0.4) is 0 Å². The van der Waals surface area contributed by atoms with Crippen molar-refractivity contribution in [3.05, 3.63) is 48.3 Å². The molecule has 2 aromatic heterocycles. The summed E-state index contributed by atoms with van der Waals surface area (Å²) in [6, 6.07) is 9.06. The first kappa shape index (κ1) is 13.3. The SMILES string of the molecule is CC(C)n1c(-c2ccncc2)nc2cc(C(=O)O)ccc21. The van der Waals surface area contributed by atoms with Crippen molar-refractivity contribution >= 4 is 17.0 Å².